The zero-order valence-electron chi connectivity index (χ0n) is 18.0. The molecule has 3 aromatic carbocycles. The summed E-state index contributed by atoms with van der Waals surface area (Å²) in [6.45, 7) is 2.17. The molecule has 3 nitrogen and oxygen atoms in total. The molecule has 0 aliphatic rings. The molecule has 5 rings (SSSR count). The van der Waals surface area contributed by atoms with E-state index in [0.717, 1.165) is 23.5 Å². The van der Waals surface area contributed by atoms with Crippen molar-refractivity contribution in [2.45, 2.75) is 25.8 Å². The van der Waals surface area contributed by atoms with Crippen molar-refractivity contribution in [1.82, 2.24) is 9.97 Å². The van der Waals surface area contributed by atoms with Gasteiger partial charge in [-0.3, -0.25) is 4.98 Å². The van der Waals surface area contributed by atoms with Crippen molar-refractivity contribution in [3.05, 3.63) is 124 Å². The Morgan fingerprint density at radius 3 is 2.50 bits per heavy atom. The predicted molar refractivity (Wildman–Crippen MR) is 134 cm³/mol. The highest BCUT2D eigenvalue weighted by Gasteiger charge is 2.19. The van der Waals surface area contributed by atoms with E-state index in [1.54, 1.807) is 11.3 Å². The fourth-order valence-corrected chi connectivity index (χ4v) is 4.80. The average molecular weight is 436 g/mol. The maximum absolute atomic E-state index is 4.65. The van der Waals surface area contributed by atoms with Crippen molar-refractivity contribution in [2.75, 3.05) is 5.32 Å². The third-order valence-electron chi connectivity index (χ3n) is 5.91. The minimum atomic E-state index is 0.00392. The zero-order chi connectivity index (χ0) is 21.8. The molecule has 5 aromatic rings. The molecule has 4 heteroatoms. The van der Waals surface area contributed by atoms with Gasteiger partial charge in [0.25, 0.3) is 0 Å². The molecule has 0 saturated heterocycles. The molecule has 32 heavy (non-hydrogen) atoms. The standard InChI is InChI=1S/C28H25N3S/c1-20-25(15-14-23-11-6-16-29-26(20)23)27(31-28-30-17-18-32-28)24-10-5-9-22(19-24)13-12-21-7-3-2-4-8-21/h2-11,14-19,27H,12-13H2,1H3,(H,30,31). The number of aryl methyl sites for hydroxylation is 3. The molecule has 1 N–H and O–H groups in total. The van der Waals surface area contributed by atoms with Crippen LogP contribution in [0, 0.1) is 6.92 Å². The summed E-state index contributed by atoms with van der Waals surface area (Å²) in [5.41, 5.74) is 7.43. The number of aromatic nitrogens is 2. The summed E-state index contributed by atoms with van der Waals surface area (Å²) < 4.78 is 0. The maximum atomic E-state index is 4.65. The molecule has 0 aliphatic carbocycles. The molecule has 1 atom stereocenters. The van der Waals surface area contributed by atoms with Gasteiger partial charge in [0, 0.05) is 23.2 Å². The molecular weight excluding hydrogens is 410 g/mol. The molecule has 0 spiro atoms. The number of anilines is 1. The Kier molecular flexibility index (Phi) is 5.95. The summed E-state index contributed by atoms with van der Waals surface area (Å²) in [6, 6.07) is 28.1. The van der Waals surface area contributed by atoms with Crippen LogP contribution in [0.3, 0.4) is 0 Å². The van der Waals surface area contributed by atoms with E-state index >= 15 is 0 Å². The zero-order valence-corrected chi connectivity index (χ0v) is 18.8. The quantitative estimate of drug-likeness (QED) is 0.299. The van der Waals surface area contributed by atoms with Crippen molar-refractivity contribution < 1.29 is 0 Å². The van der Waals surface area contributed by atoms with Gasteiger partial charge in [0.2, 0.25) is 0 Å². The molecule has 158 valence electrons. The van der Waals surface area contributed by atoms with Gasteiger partial charge in [-0.1, -0.05) is 72.8 Å². The summed E-state index contributed by atoms with van der Waals surface area (Å²) >= 11 is 1.62. The Morgan fingerprint density at radius 2 is 1.66 bits per heavy atom. The minimum Gasteiger partial charge on any atom is -0.351 e. The first-order valence-electron chi connectivity index (χ1n) is 10.9. The van der Waals surface area contributed by atoms with E-state index in [0.29, 0.717) is 0 Å². The molecule has 0 aliphatic heterocycles. The first kappa shape index (κ1) is 20.4. The second-order valence-corrected chi connectivity index (χ2v) is 8.89. The molecule has 0 saturated carbocycles. The van der Waals surface area contributed by atoms with Crippen LogP contribution in [0.5, 0.6) is 0 Å². The number of hydrogen-bond donors (Lipinski definition) is 1. The summed E-state index contributed by atoms with van der Waals surface area (Å²) in [4.78, 5) is 9.14. The maximum Gasteiger partial charge on any atom is 0.183 e. The second kappa shape index (κ2) is 9.33. The monoisotopic (exact) mass is 435 g/mol. The number of fused-ring (bicyclic) bond motifs is 1. The first-order valence-corrected chi connectivity index (χ1v) is 11.8. The highest BCUT2D eigenvalue weighted by atomic mass is 32.1. The second-order valence-electron chi connectivity index (χ2n) is 8.00. The number of nitrogens with zero attached hydrogens (tertiary/aromatic N) is 2. The molecule has 2 aromatic heterocycles. The van der Waals surface area contributed by atoms with Gasteiger partial charge in [-0.05, 0) is 53.6 Å². The number of benzene rings is 3. The summed E-state index contributed by atoms with van der Waals surface area (Å²) in [6.07, 6.45) is 5.76. The van der Waals surface area contributed by atoms with Crippen molar-refractivity contribution in [3.8, 4) is 0 Å². The Morgan fingerprint density at radius 1 is 0.812 bits per heavy atom. The van der Waals surface area contributed by atoms with Crippen LogP contribution in [0.15, 0.2) is 96.6 Å². The van der Waals surface area contributed by atoms with E-state index in [1.807, 2.05) is 23.8 Å². The van der Waals surface area contributed by atoms with Gasteiger partial charge >= 0.3 is 0 Å². The molecule has 0 fully saturated rings. The van der Waals surface area contributed by atoms with E-state index in [4.69, 9.17) is 0 Å². The van der Waals surface area contributed by atoms with Crippen molar-refractivity contribution in [1.29, 1.82) is 0 Å². The highest BCUT2D eigenvalue weighted by molar-refractivity contribution is 7.13. The third-order valence-corrected chi connectivity index (χ3v) is 6.61. The smallest absolute Gasteiger partial charge is 0.183 e. The van der Waals surface area contributed by atoms with E-state index in [1.165, 1.54) is 33.2 Å². The fraction of sp³-hybridized carbons (Fsp3) is 0.143. The predicted octanol–water partition coefficient (Wildman–Crippen LogP) is 6.99. The molecule has 2 heterocycles. The van der Waals surface area contributed by atoms with Crippen LogP contribution in [0.25, 0.3) is 10.9 Å². The van der Waals surface area contributed by atoms with Crippen LogP contribution >= 0.6 is 11.3 Å². The number of rotatable bonds is 7. The van der Waals surface area contributed by atoms with Crippen LogP contribution in [-0.4, -0.2) is 9.97 Å². The van der Waals surface area contributed by atoms with Crippen molar-refractivity contribution in [2.24, 2.45) is 0 Å². The van der Waals surface area contributed by atoms with E-state index < -0.39 is 0 Å². The van der Waals surface area contributed by atoms with Crippen LogP contribution in [0.2, 0.25) is 0 Å². The van der Waals surface area contributed by atoms with Gasteiger partial charge < -0.3 is 5.32 Å². The van der Waals surface area contributed by atoms with E-state index in [9.17, 15) is 0 Å². The van der Waals surface area contributed by atoms with E-state index in [-0.39, 0.29) is 6.04 Å². The topological polar surface area (TPSA) is 37.8 Å². The first-order chi connectivity index (χ1) is 15.8. The largest absolute Gasteiger partial charge is 0.351 e. The Labute approximate surface area is 192 Å². The molecule has 1 unspecified atom stereocenters. The highest BCUT2D eigenvalue weighted by Crippen LogP contribution is 2.33. The van der Waals surface area contributed by atoms with E-state index in [2.05, 4.69) is 95.0 Å². The van der Waals surface area contributed by atoms with Crippen LogP contribution in [0.1, 0.15) is 33.9 Å². The van der Waals surface area contributed by atoms with Crippen LogP contribution in [-0.2, 0) is 12.8 Å². The van der Waals surface area contributed by atoms with Crippen LogP contribution < -0.4 is 5.32 Å². The Balaban J connectivity index is 1.51. The van der Waals surface area contributed by atoms with Gasteiger partial charge in [0.15, 0.2) is 5.13 Å². The number of thiazole rings is 1. The SMILES string of the molecule is Cc1c(C(Nc2nccs2)c2cccc(CCc3ccccc3)c2)ccc2cccnc12. The Bertz CT molecular complexity index is 1310. The fourth-order valence-electron chi connectivity index (χ4n) is 4.24. The number of nitrogens with one attached hydrogen (secondary N) is 1. The van der Waals surface area contributed by atoms with Gasteiger partial charge in [-0.25, -0.2) is 4.98 Å². The minimum absolute atomic E-state index is 0.00392. The number of pyridine rings is 1. The lowest BCUT2D eigenvalue weighted by molar-refractivity contribution is 0.907. The molecule has 0 amide bonds. The Hall–Kier alpha value is -3.50. The molecule has 0 bridgehead atoms. The van der Waals surface area contributed by atoms with Gasteiger partial charge in [-0.2, -0.15) is 0 Å². The lowest BCUT2D eigenvalue weighted by Crippen LogP contribution is -2.14. The van der Waals surface area contributed by atoms with Crippen molar-refractivity contribution in [3.63, 3.8) is 0 Å². The van der Waals surface area contributed by atoms with Gasteiger partial charge in [0.1, 0.15) is 0 Å². The summed E-state index contributed by atoms with van der Waals surface area (Å²) in [5.74, 6) is 0. The third kappa shape index (κ3) is 4.41. The number of hydrogen-bond acceptors (Lipinski definition) is 4. The van der Waals surface area contributed by atoms with Gasteiger partial charge in [-0.15, -0.1) is 11.3 Å². The van der Waals surface area contributed by atoms with Gasteiger partial charge in [0.05, 0.1) is 11.6 Å². The van der Waals surface area contributed by atoms with Crippen LogP contribution in [0.4, 0.5) is 5.13 Å². The lowest BCUT2D eigenvalue weighted by Gasteiger charge is -2.22. The molecule has 0 radical (unpaired) electrons. The summed E-state index contributed by atoms with van der Waals surface area (Å²) in [5, 5.41) is 7.77. The normalized spacial score (nSPS) is 12.0. The average Bonchev–Trinajstić information content (AvgIpc) is 3.36. The lowest BCUT2D eigenvalue weighted by atomic mass is 9.91. The summed E-state index contributed by atoms with van der Waals surface area (Å²) in [7, 11) is 0. The molecular formula is C28H25N3S. The van der Waals surface area contributed by atoms with Crippen molar-refractivity contribution >= 4 is 27.4 Å².